The molecule has 0 amide bonds. The highest BCUT2D eigenvalue weighted by Crippen LogP contribution is 2.32. The minimum absolute atomic E-state index is 0.00884. The third kappa shape index (κ3) is 1.84. The average Bonchev–Trinajstić information content (AvgIpc) is 2.37. The second-order valence-corrected chi connectivity index (χ2v) is 4.29. The van der Waals surface area contributed by atoms with E-state index in [4.69, 9.17) is 2.74 Å². The lowest BCUT2D eigenvalue weighted by Crippen LogP contribution is -2.27. The van der Waals surface area contributed by atoms with Gasteiger partial charge in [0.2, 0.25) is 0 Å². The van der Waals surface area contributed by atoms with Gasteiger partial charge in [-0.3, -0.25) is 4.79 Å². The van der Waals surface area contributed by atoms with Crippen molar-refractivity contribution in [2.24, 2.45) is 0 Å². The minimum Gasteiger partial charge on any atom is -0.425 e. The number of rotatable bonds is 1. The average molecular weight is 227 g/mol. The maximum absolute atomic E-state index is 13.5. The van der Waals surface area contributed by atoms with E-state index in [0.717, 1.165) is 32.1 Å². The predicted octanol–water partition coefficient (Wildman–Crippen LogP) is 2.58. The number of aryl methyl sites for hydroxylation is 1. The summed E-state index contributed by atoms with van der Waals surface area (Å²) >= 11 is 0. The fourth-order valence-corrected chi connectivity index (χ4v) is 2.31. The molecule has 0 saturated heterocycles. The zero-order chi connectivity index (χ0) is 13.3. The molecule has 2 rings (SSSR count). The molecule has 1 aromatic heterocycles. The van der Waals surface area contributed by atoms with Gasteiger partial charge >= 0.3 is 5.56 Å². The molecule has 1 aliphatic rings. The second-order valence-electron chi connectivity index (χ2n) is 4.29. The molecule has 0 atom stereocenters. The van der Waals surface area contributed by atoms with E-state index < -0.39 is 18.3 Å². The van der Waals surface area contributed by atoms with Gasteiger partial charge in [0, 0.05) is 8.66 Å². The van der Waals surface area contributed by atoms with E-state index in [1.807, 2.05) is 0 Å². The van der Waals surface area contributed by atoms with Crippen molar-refractivity contribution in [2.75, 3.05) is 0 Å². The molecule has 1 fully saturated rings. The Morgan fingerprint density at radius 2 is 2.19 bits per heavy atom. The minimum atomic E-state index is -1.55. The van der Waals surface area contributed by atoms with Gasteiger partial charge in [0.05, 0.1) is 5.69 Å². The fraction of sp³-hybridized carbons (Fsp3) is 0.583. The Labute approximate surface area is 96.3 Å². The molecule has 88 valence electrons. The molecule has 4 heteroatoms. The molecule has 0 spiro atoms. The lowest BCUT2D eigenvalue weighted by Gasteiger charge is -2.23. The summed E-state index contributed by atoms with van der Waals surface area (Å²) in [5.41, 5.74) is -1.08. The Morgan fingerprint density at radius 1 is 1.50 bits per heavy atom. The van der Waals surface area contributed by atoms with Crippen molar-refractivity contribution in [3.05, 3.63) is 33.5 Å². The summed E-state index contributed by atoms with van der Waals surface area (Å²) in [6.07, 6.45) is 4.82. The molecule has 0 unspecified atom stereocenters. The maximum atomic E-state index is 13.5. The zero-order valence-electron chi connectivity index (χ0n) is 10.9. The summed E-state index contributed by atoms with van der Waals surface area (Å²) < 4.78 is 28.3. The SMILES string of the molecule is [2H]C([2H])c1cc(C2CCCCC2)n(O)c(=O)c1F. The monoisotopic (exact) mass is 227 g/mol. The molecule has 3 nitrogen and oxygen atoms in total. The van der Waals surface area contributed by atoms with Gasteiger partial charge in [-0.25, -0.2) is 4.39 Å². The van der Waals surface area contributed by atoms with Crippen LogP contribution >= 0.6 is 0 Å². The van der Waals surface area contributed by atoms with Gasteiger partial charge in [-0.05, 0) is 31.3 Å². The van der Waals surface area contributed by atoms with Crippen LogP contribution in [0.25, 0.3) is 0 Å². The molecule has 16 heavy (non-hydrogen) atoms. The number of hydrogen-bond donors (Lipinski definition) is 1. The summed E-state index contributed by atoms with van der Waals surface area (Å²) in [6.45, 7) is -1.55. The van der Waals surface area contributed by atoms with Crippen LogP contribution in [0.15, 0.2) is 10.9 Å². The van der Waals surface area contributed by atoms with E-state index in [9.17, 15) is 14.4 Å². The molecule has 0 aromatic carbocycles. The highest BCUT2D eigenvalue weighted by atomic mass is 19.1. The van der Waals surface area contributed by atoms with Gasteiger partial charge < -0.3 is 5.21 Å². The second kappa shape index (κ2) is 4.28. The molecule has 0 radical (unpaired) electrons. The smallest absolute Gasteiger partial charge is 0.319 e. The summed E-state index contributed by atoms with van der Waals surface area (Å²) in [6, 6.07) is 1.29. The predicted molar refractivity (Wildman–Crippen MR) is 58.4 cm³/mol. The number of halogens is 1. The number of aromatic nitrogens is 1. The highest BCUT2D eigenvalue weighted by molar-refractivity contribution is 5.20. The summed E-state index contributed by atoms with van der Waals surface area (Å²) in [5, 5.41) is 9.68. The van der Waals surface area contributed by atoms with Gasteiger partial charge in [0.25, 0.3) is 0 Å². The number of nitrogens with zero attached hydrogens (tertiary/aromatic N) is 1. The van der Waals surface area contributed by atoms with Gasteiger partial charge in [0.1, 0.15) is 0 Å². The first-order chi connectivity index (χ1) is 8.52. The normalized spacial score (nSPS) is 19.6. The van der Waals surface area contributed by atoms with Gasteiger partial charge in [-0.15, -0.1) is 4.73 Å². The quantitative estimate of drug-likeness (QED) is 0.749. The van der Waals surface area contributed by atoms with Crippen molar-refractivity contribution in [2.45, 2.75) is 44.9 Å². The van der Waals surface area contributed by atoms with E-state index in [1.165, 1.54) is 6.07 Å². The van der Waals surface area contributed by atoms with E-state index >= 15 is 0 Å². The Bertz CT molecular complexity index is 496. The molecule has 1 heterocycles. The largest absolute Gasteiger partial charge is 0.425 e. The van der Waals surface area contributed by atoms with Crippen LogP contribution in [0, 0.1) is 12.7 Å². The molecular weight excluding hydrogens is 209 g/mol. The van der Waals surface area contributed by atoms with E-state index in [0.29, 0.717) is 10.4 Å². The lowest BCUT2D eigenvalue weighted by molar-refractivity contribution is 0.152. The Kier molecular flexibility index (Phi) is 2.35. The Balaban J connectivity index is 2.49. The Hall–Kier alpha value is -1.32. The molecule has 0 aliphatic heterocycles. The number of hydrogen-bond acceptors (Lipinski definition) is 2. The molecule has 1 saturated carbocycles. The summed E-state index contributed by atoms with van der Waals surface area (Å²) in [5.74, 6) is -1.19. The number of pyridine rings is 1. The molecule has 1 N–H and O–H groups in total. The van der Waals surface area contributed by atoms with Gasteiger partial charge in [-0.2, -0.15) is 0 Å². The van der Waals surface area contributed by atoms with E-state index in [2.05, 4.69) is 0 Å². The van der Waals surface area contributed by atoms with Crippen LogP contribution in [-0.2, 0) is 0 Å². The van der Waals surface area contributed by atoms with Crippen LogP contribution in [-0.4, -0.2) is 9.94 Å². The standard InChI is InChI=1S/C12H16FNO2/c1-8-7-10(9-5-3-2-4-6-9)14(16)12(15)11(8)13/h7,9,16H,2-6H2,1H3/i1D2. The van der Waals surface area contributed by atoms with Crippen molar-refractivity contribution >= 4 is 0 Å². The molecular formula is C12H16FNO2. The van der Waals surface area contributed by atoms with Crippen LogP contribution in [0.1, 0.15) is 52.0 Å². The highest BCUT2D eigenvalue weighted by Gasteiger charge is 2.21. The lowest BCUT2D eigenvalue weighted by atomic mass is 9.86. The van der Waals surface area contributed by atoms with Crippen LogP contribution in [0.4, 0.5) is 4.39 Å². The van der Waals surface area contributed by atoms with Crippen molar-refractivity contribution in [1.82, 2.24) is 4.73 Å². The molecule has 1 aliphatic carbocycles. The first-order valence-electron chi connectivity index (χ1n) is 6.67. The first-order valence-corrected chi connectivity index (χ1v) is 5.51. The summed E-state index contributed by atoms with van der Waals surface area (Å²) in [4.78, 5) is 11.5. The van der Waals surface area contributed by atoms with Crippen LogP contribution < -0.4 is 5.56 Å². The third-order valence-electron chi connectivity index (χ3n) is 3.20. The van der Waals surface area contributed by atoms with Gasteiger partial charge in [0.15, 0.2) is 5.82 Å². The van der Waals surface area contributed by atoms with E-state index in [-0.39, 0.29) is 11.5 Å². The van der Waals surface area contributed by atoms with Crippen LogP contribution in [0.2, 0.25) is 0 Å². The van der Waals surface area contributed by atoms with Crippen LogP contribution in [0.3, 0.4) is 0 Å². The zero-order valence-corrected chi connectivity index (χ0v) is 8.95. The topological polar surface area (TPSA) is 42.2 Å². The van der Waals surface area contributed by atoms with Crippen molar-refractivity contribution < 1.29 is 12.3 Å². The van der Waals surface area contributed by atoms with Crippen molar-refractivity contribution in [1.29, 1.82) is 0 Å². The molecule has 0 bridgehead atoms. The van der Waals surface area contributed by atoms with E-state index in [1.54, 1.807) is 0 Å². The maximum Gasteiger partial charge on any atom is 0.319 e. The first kappa shape index (κ1) is 8.79. The van der Waals surface area contributed by atoms with Gasteiger partial charge in [-0.1, -0.05) is 19.3 Å². The van der Waals surface area contributed by atoms with Crippen molar-refractivity contribution in [3.63, 3.8) is 0 Å². The Morgan fingerprint density at radius 3 is 2.81 bits per heavy atom. The summed E-state index contributed by atoms with van der Waals surface area (Å²) in [7, 11) is 0. The van der Waals surface area contributed by atoms with Crippen molar-refractivity contribution in [3.8, 4) is 0 Å². The third-order valence-corrected chi connectivity index (χ3v) is 3.20. The van der Waals surface area contributed by atoms with Crippen LogP contribution in [0.5, 0.6) is 0 Å². The molecule has 1 aromatic rings. The fourth-order valence-electron chi connectivity index (χ4n) is 2.31.